The quantitative estimate of drug-likeness (QED) is 0.791. The topological polar surface area (TPSA) is 29.3 Å². The molecular weight excluding hydrogens is 326 g/mol. The Balaban J connectivity index is 1.73. The van der Waals surface area contributed by atoms with E-state index < -0.39 is 11.9 Å². The minimum absolute atomic E-state index is 0.227. The standard InChI is InChI=1S/C19H22F2N2S/c1-13(22)16-11-17(20)15(10-18(16)21)12-23-9-5-8-19(24-23)14-6-3-2-4-7-14/h2-4,6-7,10-11,13,19H,5,8-9,12,22H2,1H3. The molecule has 0 bridgehead atoms. The van der Waals surface area contributed by atoms with Crippen LogP contribution in [0.4, 0.5) is 8.78 Å². The van der Waals surface area contributed by atoms with Crippen LogP contribution in [0.3, 0.4) is 0 Å². The van der Waals surface area contributed by atoms with Crippen LogP contribution in [0, 0.1) is 11.6 Å². The maximum Gasteiger partial charge on any atom is 0.128 e. The normalized spacial score (nSPS) is 20.1. The van der Waals surface area contributed by atoms with E-state index in [2.05, 4.69) is 16.4 Å². The highest BCUT2D eigenvalue weighted by atomic mass is 32.2. The Hall–Kier alpha value is -1.43. The van der Waals surface area contributed by atoms with Gasteiger partial charge in [-0.3, -0.25) is 0 Å². The molecule has 1 aliphatic rings. The zero-order chi connectivity index (χ0) is 17.1. The van der Waals surface area contributed by atoms with Crippen molar-refractivity contribution in [1.82, 2.24) is 4.31 Å². The van der Waals surface area contributed by atoms with Crippen molar-refractivity contribution in [1.29, 1.82) is 0 Å². The summed E-state index contributed by atoms with van der Waals surface area (Å²) in [5.41, 5.74) is 7.58. The molecule has 0 spiro atoms. The molecule has 128 valence electrons. The number of hydrogen-bond donors (Lipinski definition) is 1. The van der Waals surface area contributed by atoms with E-state index in [0.29, 0.717) is 17.4 Å². The van der Waals surface area contributed by atoms with Gasteiger partial charge in [0, 0.05) is 35.5 Å². The molecule has 1 heterocycles. The molecule has 3 rings (SSSR count). The lowest BCUT2D eigenvalue weighted by Gasteiger charge is -2.32. The van der Waals surface area contributed by atoms with Crippen molar-refractivity contribution in [3.8, 4) is 0 Å². The second kappa shape index (κ2) is 7.64. The smallest absolute Gasteiger partial charge is 0.128 e. The van der Waals surface area contributed by atoms with E-state index in [0.717, 1.165) is 19.4 Å². The summed E-state index contributed by atoms with van der Waals surface area (Å²) in [6, 6.07) is 12.3. The van der Waals surface area contributed by atoms with Gasteiger partial charge in [-0.15, -0.1) is 0 Å². The highest BCUT2D eigenvalue weighted by Crippen LogP contribution is 2.40. The molecule has 2 aromatic rings. The average molecular weight is 348 g/mol. The third kappa shape index (κ3) is 3.97. The largest absolute Gasteiger partial charge is 0.324 e. The summed E-state index contributed by atoms with van der Waals surface area (Å²) in [6.45, 7) is 2.93. The van der Waals surface area contributed by atoms with Gasteiger partial charge in [0.25, 0.3) is 0 Å². The van der Waals surface area contributed by atoms with E-state index in [1.165, 1.54) is 17.7 Å². The summed E-state index contributed by atoms with van der Waals surface area (Å²) in [4.78, 5) is 0. The van der Waals surface area contributed by atoms with E-state index >= 15 is 0 Å². The Morgan fingerprint density at radius 2 is 1.96 bits per heavy atom. The molecule has 2 unspecified atom stereocenters. The van der Waals surface area contributed by atoms with Gasteiger partial charge in [0.15, 0.2) is 0 Å². The Labute approximate surface area is 146 Å². The third-order valence-corrected chi connectivity index (χ3v) is 5.70. The van der Waals surface area contributed by atoms with Crippen molar-refractivity contribution in [2.24, 2.45) is 5.73 Å². The van der Waals surface area contributed by atoms with Crippen molar-refractivity contribution in [3.63, 3.8) is 0 Å². The monoisotopic (exact) mass is 348 g/mol. The first-order valence-corrected chi connectivity index (χ1v) is 9.08. The van der Waals surface area contributed by atoms with E-state index in [1.807, 2.05) is 18.2 Å². The van der Waals surface area contributed by atoms with Gasteiger partial charge < -0.3 is 5.73 Å². The summed E-state index contributed by atoms with van der Waals surface area (Å²) in [7, 11) is 0. The van der Waals surface area contributed by atoms with Crippen LogP contribution in [0.15, 0.2) is 42.5 Å². The molecule has 1 saturated heterocycles. The molecule has 0 amide bonds. The van der Waals surface area contributed by atoms with Gasteiger partial charge in [-0.2, -0.15) is 0 Å². The Bertz CT molecular complexity index is 691. The Morgan fingerprint density at radius 3 is 2.67 bits per heavy atom. The number of rotatable bonds is 4. The SMILES string of the molecule is CC(N)c1cc(F)c(CN2CCCC(c3ccccc3)S2)cc1F. The maximum atomic E-state index is 14.3. The first-order valence-electron chi connectivity index (χ1n) is 8.24. The van der Waals surface area contributed by atoms with Crippen molar-refractivity contribution in [3.05, 3.63) is 70.8 Å². The predicted octanol–water partition coefficient (Wildman–Crippen LogP) is 4.97. The minimum Gasteiger partial charge on any atom is -0.324 e. The van der Waals surface area contributed by atoms with Crippen molar-refractivity contribution in [2.75, 3.05) is 6.54 Å². The molecule has 0 saturated carbocycles. The van der Waals surface area contributed by atoms with Crippen LogP contribution in [0.5, 0.6) is 0 Å². The van der Waals surface area contributed by atoms with Crippen LogP contribution in [0.1, 0.15) is 47.7 Å². The summed E-state index contributed by atoms with van der Waals surface area (Å²) in [5.74, 6) is -0.811. The Morgan fingerprint density at radius 1 is 1.21 bits per heavy atom. The van der Waals surface area contributed by atoms with Crippen LogP contribution in [0.25, 0.3) is 0 Å². The molecule has 5 heteroatoms. The fourth-order valence-corrected chi connectivity index (χ4v) is 4.37. The van der Waals surface area contributed by atoms with Crippen LogP contribution >= 0.6 is 11.9 Å². The van der Waals surface area contributed by atoms with Gasteiger partial charge in [0.2, 0.25) is 0 Å². The summed E-state index contributed by atoms with van der Waals surface area (Å²) in [6.07, 6.45) is 2.15. The predicted molar refractivity (Wildman–Crippen MR) is 95.4 cm³/mol. The summed E-state index contributed by atoms with van der Waals surface area (Å²) in [5, 5.41) is 0.371. The summed E-state index contributed by atoms with van der Waals surface area (Å²) >= 11 is 1.72. The van der Waals surface area contributed by atoms with Crippen LogP contribution in [-0.4, -0.2) is 10.8 Å². The minimum atomic E-state index is -0.514. The lowest BCUT2D eigenvalue weighted by molar-refractivity contribution is 0.409. The molecule has 0 radical (unpaired) electrons. The van der Waals surface area contributed by atoms with Crippen LogP contribution in [-0.2, 0) is 6.54 Å². The number of hydrogen-bond acceptors (Lipinski definition) is 3. The molecule has 2 atom stereocenters. The number of nitrogens with two attached hydrogens (primary N) is 1. The van der Waals surface area contributed by atoms with Gasteiger partial charge in [-0.1, -0.05) is 42.3 Å². The summed E-state index contributed by atoms with van der Waals surface area (Å²) < 4.78 is 30.5. The first-order chi connectivity index (χ1) is 11.5. The van der Waals surface area contributed by atoms with Crippen molar-refractivity contribution >= 4 is 11.9 Å². The van der Waals surface area contributed by atoms with Gasteiger partial charge >= 0.3 is 0 Å². The van der Waals surface area contributed by atoms with Crippen molar-refractivity contribution in [2.45, 2.75) is 37.6 Å². The fourth-order valence-electron chi connectivity index (χ4n) is 3.01. The molecule has 2 N–H and O–H groups in total. The van der Waals surface area contributed by atoms with Crippen molar-refractivity contribution < 1.29 is 8.78 Å². The van der Waals surface area contributed by atoms with Gasteiger partial charge in [0.1, 0.15) is 11.6 Å². The van der Waals surface area contributed by atoms with Gasteiger partial charge in [-0.25, -0.2) is 13.1 Å². The Kier molecular flexibility index (Phi) is 5.54. The molecule has 1 fully saturated rings. The zero-order valence-corrected chi connectivity index (χ0v) is 14.5. The average Bonchev–Trinajstić information content (AvgIpc) is 2.58. The van der Waals surface area contributed by atoms with E-state index in [1.54, 1.807) is 18.9 Å². The second-order valence-corrected chi connectivity index (χ2v) is 7.56. The van der Waals surface area contributed by atoms with Gasteiger partial charge in [0.05, 0.1) is 0 Å². The second-order valence-electron chi connectivity index (χ2n) is 6.26. The molecule has 24 heavy (non-hydrogen) atoms. The highest BCUT2D eigenvalue weighted by molar-refractivity contribution is 7.97. The fraction of sp³-hybridized carbons (Fsp3) is 0.368. The maximum absolute atomic E-state index is 14.3. The first kappa shape index (κ1) is 17.4. The lowest BCUT2D eigenvalue weighted by Crippen LogP contribution is -2.24. The number of nitrogens with zero attached hydrogens (tertiary/aromatic N) is 1. The molecular formula is C19H22F2N2S. The molecule has 0 aromatic heterocycles. The van der Waals surface area contributed by atoms with Crippen LogP contribution < -0.4 is 5.73 Å². The molecule has 0 aliphatic carbocycles. The van der Waals surface area contributed by atoms with Crippen LogP contribution in [0.2, 0.25) is 0 Å². The van der Waals surface area contributed by atoms with E-state index in [9.17, 15) is 8.78 Å². The zero-order valence-electron chi connectivity index (χ0n) is 13.7. The lowest BCUT2D eigenvalue weighted by atomic mass is 10.0. The molecule has 1 aliphatic heterocycles. The van der Waals surface area contributed by atoms with Gasteiger partial charge in [-0.05, 0) is 37.5 Å². The molecule has 2 nitrogen and oxygen atoms in total. The van der Waals surface area contributed by atoms with E-state index in [4.69, 9.17) is 5.73 Å². The van der Waals surface area contributed by atoms with E-state index in [-0.39, 0.29) is 11.4 Å². The number of benzene rings is 2. The molecule has 2 aromatic carbocycles. The number of halogens is 2. The third-order valence-electron chi connectivity index (χ3n) is 4.32. The highest BCUT2D eigenvalue weighted by Gasteiger charge is 2.23.